The number of benzene rings is 1. The number of aromatic nitrogens is 2. The molecule has 0 atom stereocenters. The largest absolute Gasteiger partial charge is 0.376 e. The lowest BCUT2D eigenvalue weighted by Gasteiger charge is -2.12. The van der Waals surface area contributed by atoms with E-state index in [1.165, 1.54) is 18.2 Å². The second-order valence-electron chi connectivity index (χ2n) is 5.81. The first-order valence-corrected chi connectivity index (χ1v) is 8.11. The third-order valence-corrected chi connectivity index (χ3v) is 4.11. The lowest BCUT2D eigenvalue weighted by molar-refractivity contribution is 0.102. The average molecular weight is 375 g/mol. The molecule has 3 rings (SSSR count). The van der Waals surface area contributed by atoms with Gasteiger partial charge in [-0.25, -0.2) is 9.37 Å². The predicted octanol–water partition coefficient (Wildman–Crippen LogP) is 4.16. The quantitative estimate of drug-likeness (QED) is 0.742. The Morgan fingerprint density at radius 3 is 2.65 bits per heavy atom. The first kappa shape index (κ1) is 17.9. The third-order valence-electron chi connectivity index (χ3n) is 3.80. The smallest absolute Gasteiger partial charge is 0.262 e. The standard InChI is InChI=1S/C18H16ClFN4O2/c1-10-15(17(23-26-10)16-12(19)5-4-6-13(16)20)18(25)22-14-8-7-11(9-21-14)24(2)3/h4-9H,1-3H3,(H,21,22,25). The van der Waals surface area contributed by atoms with Crippen molar-refractivity contribution in [2.45, 2.75) is 6.92 Å². The first-order chi connectivity index (χ1) is 12.4. The molecule has 3 aromatic rings. The van der Waals surface area contributed by atoms with Gasteiger partial charge in [0.25, 0.3) is 5.91 Å². The minimum absolute atomic E-state index is 0.0204. The fourth-order valence-electron chi connectivity index (χ4n) is 2.44. The summed E-state index contributed by atoms with van der Waals surface area (Å²) >= 11 is 6.09. The van der Waals surface area contributed by atoms with Gasteiger partial charge in [0.2, 0.25) is 0 Å². The Bertz CT molecular complexity index is 934. The second-order valence-corrected chi connectivity index (χ2v) is 6.22. The maximum absolute atomic E-state index is 14.2. The maximum Gasteiger partial charge on any atom is 0.262 e. The predicted molar refractivity (Wildman–Crippen MR) is 98.2 cm³/mol. The zero-order valence-electron chi connectivity index (χ0n) is 14.4. The Kier molecular flexibility index (Phi) is 4.90. The van der Waals surface area contributed by atoms with Crippen molar-refractivity contribution < 1.29 is 13.7 Å². The lowest BCUT2D eigenvalue weighted by Crippen LogP contribution is -2.15. The van der Waals surface area contributed by atoms with Crippen molar-refractivity contribution in [3.8, 4) is 11.3 Å². The highest BCUT2D eigenvalue weighted by atomic mass is 35.5. The summed E-state index contributed by atoms with van der Waals surface area (Å²) in [5.41, 5.74) is 1.07. The van der Waals surface area contributed by atoms with Crippen LogP contribution in [0.3, 0.4) is 0 Å². The van der Waals surface area contributed by atoms with E-state index in [1.54, 1.807) is 19.2 Å². The van der Waals surface area contributed by atoms with Crippen molar-refractivity contribution in [2.75, 3.05) is 24.3 Å². The number of amides is 1. The Morgan fingerprint density at radius 1 is 1.27 bits per heavy atom. The van der Waals surface area contributed by atoms with Gasteiger partial charge in [0.05, 0.1) is 22.5 Å². The Labute approximate surface area is 154 Å². The number of hydrogen-bond donors (Lipinski definition) is 1. The monoisotopic (exact) mass is 374 g/mol. The van der Waals surface area contributed by atoms with Crippen LogP contribution >= 0.6 is 11.6 Å². The van der Waals surface area contributed by atoms with E-state index in [9.17, 15) is 9.18 Å². The molecule has 2 heterocycles. The van der Waals surface area contributed by atoms with Gasteiger partial charge < -0.3 is 14.7 Å². The topological polar surface area (TPSA) is 71.3 Å². The Hall–Kier alpha value is -2.93. The molecule has 0 bridgehead atoms. The van der Waals surface area contributed by atoms with Crippen molar-refractivity contribution in [3.63, 3.8) is 0 Å². The van der Waals surface area contributed by atoms with Crippen molar-refractivity contribution in [2.24, 2.45) is 0 Å². The molecule has 0 saturated carbocycles. The summed E-state index contributed by atoms with van der Waals surface area (Å²) < 4.78 is 19.3. The van der Waals surface area contributed by atoms with Crippen LogP contribution in [0.1, 0.15) is 16.1 Å². The number of rotatable bonds is 4. The molecule has 1 N–H and O–H groups in total. The summed E-state index contributed by atoms with van der Waals surface area (Å²) in [5.74, 6) is -0.495. The van der Waals surface area contributed by atoms with Crippen LogP contribution in [-0.2, 0) is 0 Å². The van der Waals surface area contributed by atoms with Crippen LogP contribution in [0.15, 0.2) is 41.1 Å². The number of halogens is 2. The first-order valence-electron chi connectivity index (χ1n) is 7.74. The van der Waals surface area contributed by atoms with Gasteiger partial charge in [-0.3, -0.25) is 4.79 Å². The number of aryl methyl sites for hydroxylation is 1. The molecule has 0 radical (unpaired) electrons. The summed E-state index contributed by atoms with van der Waals surface area (Å²) in [7, 11) is 3.78. The number of nitrogens with zero attached hydrogens (tertiary/aromatic N) is 3. The summed E-state index contributed by atoms with van der Waals surface area (Å²) in [6, 6.07) is 7.73. The highest BCUT2D eigenvalue weighted by Gasteiger charge is 2.25. The van der Waals surface area contributed by atoms with Crippen molar-refractivity contribution in [1.29, 1.82) is 0 Å². The molecular weight excluding hydrogens is 359 g/mol. The van der Waals surface area contributed by atoms with Gasteiger partial charge in [0.1, 0.15) is 28.7 Å². The van der Waals surface area contributed by atoms with Crippen LogP contribution < -0.4 is 10.2 Å². The van der Waals surface area contributed by atoms with Gasteiger partial charge in [-0.1, -0.05) is 22.8 Å². The van der Waals surface area contributed by atoms with Crippen molar-refractivity contribution >= 4 is 29.0 Å². The molecule has 2 aromatic heterocycles. The van der Waals surface area contributed by atoms with Gasteiger partial charge in [-0.2, -0.15) is 0 Å². The van der Waals surface area contributed by atoms with Crippen LogP contribution in [0.2, 0.25) is 5.02 Å². The molecular formula is C18H16ClFN4O2. The van der Waals surface area contributed by atoms with E-state index in [4.69, 9.17) is 16.1 Å². The number of pyridine rings is 1. The zero-order chi connectivity index (χ0) is 18.8. The van der Waals surface area contributed by atoms with E-state index in [0.717, 1.165) is 5.69 Å². The molecule has 0 fully saturated rings. The van der Waals surface area contributed by atoms with Crippen molar-refractivity contribution in [3.05, 3.63) is 58.7 Å². The molecule has 0 unspecified atom stereocenters. The number of carbonyl (C=O) groups excluding carboxylic acids is 1. The van der Waals surface area contributed by atoms with Crippen LogP contribution in [-0.4, -0.2) is 30.1 Å². The van der Waals surface area contributed by atoms with Gasteiger partial charge >= 0.3 is 0 Å². The number of nitrogens with one attached hydrogen (secondary N) is 1. The Morgan fingerprint density at radius 2 is 2.04 bits per heavy atom. The minimum Gasteiger partial charge on any atom is -0.376 e. The molecule has 0 aliphatic heterocycles. The maximum atomic E-state index is 14.2. The minimum atomic E-state index is -0.590. The fraction of sp³-hybridized carbons (Fsp3) is 0.167. The third kappa shape index (κ3) is 3.39. The normalized spacial score (nSPS) is 10.7. The number of anilines is 2. The molecule has 26 heavy (non-hydrogen) atoms. The molecule has 134 valence electrons. The average Bonchev–Trinajstić information content (AvgIpc) is 2.96. The van der Waals surface area contributed by atoms with E-state index >= 15 is 0 Å². The SMILES string of the molecule is Cc1onc(-c2c(F)cccc2Cl)c1C(=O)Nc1ccc(N(C)C)cn1. The fourth-order valence-corrected chi connectivity index (χ4v) is 2.69. The van der Waals surface area contributed by atoms with Gasteiger partial charge in [-0.05, 0) is 31.2 Å². The summed E-state index contributed by atoms with van der Waals surface area (Å²) in [6.07, 6.45) is 1.63. The number of carbonyl (C=O) groups is 1. The van der Waals surface area contributed by atoms with Crippen LogP contribution in [0, 0.1) is 12.7 Å². The van der Waals surface area contributed by atoms with Gasteiger partial charge in [-0.15, -0.1) is 0 Å². The molecule has 6 nitrogen and oxygen atoms in total. The molecule has 0 aliphatic carbocycles. The van der Waals surface area contributed by atoms with Gasteiger partial charge in [0.15, 0.2) is 0 Å². The zero-order valence-corrected chi connectivity index (χ0v) is 15.1. The molecule has 1 amide bonds. The molecule has 8 heteroatoms. The molecule has 0 saturated heterocycles. The van der Waals surface area contributed by atoms with E-state index in [-0.39, 0.29) is 27.6 Å². The Balaban J connectivity index is 1.95. The molecule has 1 aromatic carbocycles. The van der Waals surface area contributed by atoms with Crippen LogP contribution in [0.4, 0.5) is 15.9 Å². The lowest BCUT2D eigenvalue weighted by atomic mass is 10.0. The molecule has 0 spiro atoms. The second kappa shape index (κ2) is 7.13. The summed E-state index contributed by atoms with van der Waals surface area (Å²) in [5, 5.41) is 6.63. The summed E-state index contributed by atoms with van der Waals surface area (Å²) in [4.78, 5) is 18.8. The molecule has 0 aliphatic rings. The number of hydrogen-bond acceptors (Lipinski definition) is 5. The van der Waals surface area contributed by atoms with E-state index in [1.807, 2.05) is 25.1 Å². The van der Waals surface area contributed by atoms with E-state index < -0.39 is 11.7 Å². The summed E-state index contributed by atoms with van der Waals surface area (Å²) in [6.45, 7) is 1.57. The van der Waals surface area contributed by atoms with Crippen molar-refractivity contribution in [1.82, 2.24) is 10.1 Å². The van der Waals surface area contributed by atoms with Crippen LogP contribution in [0.5, 0.6) is 0 Å². The van der Waals surface area contributed by atoms with Crippen LogP contribution in [0.25, 0.3) is 11.3 Å². The highest BCUT2D eigenvalue weighted by Crippen LogP contribution is 2.33. The van der Waals surface area contributed by atoms with Gasteiger partial charge in [0, 0.05) is 14.1 Å². The van der Waals surface area contributed by atoms with E-state index in [0.29, 0.717) is 5.82 Å². The van der Waals surface area contributed by atoms with E-state index in [2.05, 4.69) is 15.5 Å². The highest BCUT2D eigenvalue weighted by molar-refractivity contribution is 6.33.